The molecule has 156 valence electrons. The van der Waals surface area contributed by atoms with Gasteiger partial charge in [-0.15, -0.1) is 0 Å². The van der Waals surface area contributed by atoms with Crippen molar-refractivity contribution < 1.29 is 14.3 Å². The third-order valence-corrected chi connectivity index (χ3v) is 4.46. The molecule has 0 unspecified atom stereocenters. The Balaban J connectivity index is 2.27. The maximum Gasteiger partial charge on any atom is 0.329 e. The number of ether oxygens (including phenoxy) is 1. The van der Waals surface area contributed by atoms with Crippen LogP contribution in [0.3, 0.4) is 0 Å². The number of hydrogen-bond donors (Lipinski definition) is 1. The Bertz CT molecular complexity index is 758. The van der Waals surface area contributed by atoms with E-state index < -0.39 is 23.7 Å². The molecule has 5 nitrogen and oxygen atoms in total. The lowest BCUT2D eigenvalue weighted by Gasteiger charge is -2.33. The molecule has 1 N–H and O–H groups in total. The van der Waals surface area contributed by atoms with E-state index in [2.05, 4.69) is 5.32 Å². The summed E-state index contributed by atoms with van der Waals surface area (Å²) in [6.45, 7) is 11.1. The van der Waals surface area contributed by atoms with Gasteiger partial charge < -0.3 is 15.0 Å². The fraction of sp³-hybridized carbons (Fsp3) is 0.417. The minimum absolute atomic E-state index is 0.0945. The molecule has 0 heterocycles. The Morgan fingerprint density at radius 3 is 1.69 bits per heavy atom. The van der Waals surface area contributed by atoms with Crippen LogP contribution in [-0.2, 0) is 14.3 Å². The normalized spacial score (nSPS) is 13.5. The Labute approximate surface area is 174 Å². The second-order valence-electron chi connectivity index (χ2n) is 8.48. The number of carbonyl (C=O) groups is 2. The average Bonchev–Trinajstić information content (AvgIpc) is 2.66. The highest BCUT2D eigenvalue weighted by Crippen LogP contribution is 2.27. The summed E-state index contributed by atoms with van der Waals surface area (Å²) in [7, 11) is 0. The number of nitrogens with zero attached hydrogens (tertiary/aromatic N) is 1. The van der Waals surface area contributed by atoms with Gasteiger partial charge in [-0.05, 0) is 57.9 Å². The van der Waals surface area contributed by atoms with Gasteiger partial charge in [-0.2, -0.15) is 0 Å². The number of nitrogens with one attached hydrogen (secondary N) is 1. The number of esters is 1. The van der Waals surface area contributed by atoms with E-state index >= 15 is 0 Å². The zero-order valence-electron chi connectivity index (χ0n) is 18.2. The van der Waals surface area contributed by atoms with Gasteiger partial charge >= 0.3 is 5.97 Å². The van der Waals surface area contributed by atoms with Crippen molar-refractivity contribution in [3.8, 4) is 0 Å². The molecule has 2 aromatic rings. The lowest BCUT2D eigenvalue weighted by molar-refractivity contribution is -0.160. The maximum atomic E-state index is 13.2. The Hall–Kier alpha value is -2.82. The SMILES string of the molecule is CC(C)[C@@H](NC(=O)[C@@H]([11CH3])N(c1ccccc1)c1ccccc1)C(=O)OC(C)(C)C. The van der Waals surface area contributed by atoms with Gasteiger partial charge in [0, 0.05) is 11.4 Å². The van der Waals surface area contributed by atoms with Crippen LogP contribution < -0.4 is 10.2 Å². The molecular formula is C24H32N2O3. The molecule has 0 aromatic heterocycles. The first-order valence-electron chi connectivity index (χ1n) is 10.0. The first kappa shape index (κ1) is 22.5. The second-order valence-corrected chi connectivity index (χ2v) is 8.48. The summed E-state index contributed by atoms with van der Waals surface area (Å²) >= 11 is 0. The van der Waals surface area contributed by atoms with Crippen molar-refractivity contribution in [2.24, 2.45) is 5.92 Å². The summed E-state index contributed by atoms with van der Waals surface area (Å²) in [5.41, 5.74) is 1.19. The van der Waals surface area contributed by atoms with E-state index in [1.807, 2.05) is 107 Å². The summed E-state index contributed by atoms with van der Waals surface area (Å²) in [5.74, 6) is -0.746. The molecule has 2 rings (SSSR count). The quantitative estimate of drug-likeness (QED) is 0.691. The molecular weight excluding hydrogens is 363 g/mol. The first-order chi connectivity index (χ1) is 13.6. The van der Waals surface area contributed by atoms with Crippen molar-refractivity contribution in [3.63, 3.8) is 0 Å². The molecule has 2 aromatic carbocycles. The van der Waals surface area contributed by atoms with Gasteiger partial charge in [0.1, 0.15) is 17.7 Å². The van der Waals surface area contributed by atoms with Crippen molar-refractivity contribution in [1.29, 1.82) is 0 Å². The predicted octanol–water partition coefficient (Wildman–Crippen LogP) is 4.70. The molecule has 0 saturated heterocycles. The number of amides is 1. The van der Waals surface area contributed by atoms with E-state index in [0.717, 1.165) is 11.4 Å². The zero-order valence-corrected chi connectivity index (χ0v) is 18.2. The molecule has 1 amide bonds. The molecule has 0 spiro atoms. The zero-order chi connectivity index (χ0) is 21.6. The highest BCUT2D eigenvalue weighted by molar-refractivity contribution is 5.91. The van der Waals surface area contributed by atoms with Crippen molar-refractivity contribution in [1.82, 2.24) is 5.32 Å². The van der Waals surface area contributed by atoms with Crippen LogP contribution in [0.15, 0.2) is 60.7 Å². The molecule has 0 aliphatic heterocycles. The molecule has 0 saturated carbocycles. The fourth-order valence-electron chi connectivity index (χ4n) is 3.03. The van der Waals surface area contributed by atoms with Crippen LogP contribution >= 0.6 is 0 Å². The lowest BCUT2D eigenvalue weighted by Crippen LogP contribution is -2.52. The Kier molecular flexibility index (Phi) is 7.43. The fourth-order valence-corrected chi connectivity index (χ4v) is 3.03. The van der Waals surface area contributed by atoms with Crippen LogP contribution in [0.4, 0.5) is 11.4 Å². The van der Waals surface area contributed by atoms with Crippen LogP contribution in [-0.4, -0.2) is 29.6 Å². The van der Waals surface area contributed by atoms with Gasteiger partial charge in [0.25, 0.3) is 0 Å². The maximum absolute atomic E-state index is 13.2. The summed E-state index contributed by atoms with van der Waals surface area (Å²) in [6.07, 6.45) is 0. The first-order valence-corrected chi connectivity index (χ1v) is 10.0. The van der Waals surface area contributed by atoms with Gasteiger partial charge in [-0.3, -0.25) is 4.79 Å². The molecule has 0 aliphatic carbocycles. The Morgan fingerprint density at radius 2 is 1.31 bits per heavy atom. The lowest BCUT2D eigenvalue weighted by atomic mass is 9.97. The molecule has 0 radical (unpaired) electrons. The van der Waals surface area contributed by atoms with Crippen molar-refractivity contribution >= 4 is 23.3 Å². The van der Waals surface area contributed by atoms with Gasteiger partial charge in [0.2, 0.25) is 5.91 Å². The number of anilines is 2. The second kappa shape index (κ2) is 9.59. The number of rotatable bonds is 7. The molecule has 29 heavy (non-hydrogen) atoms. The minimum atomic E-state index is -0.711. The molecule has 0 fully saturated rings. The Morgan fingerprint density at radius 1 is 0.862 bits per heavy atom. The van der Waals surface area contributed by atoms with E-state index in [1.165, 1.54) is 0 Å². The number of hydrogen-bond acceptors (Lipinski definition) is 4. The van der Waals surface area contributed by atoms with E-state index in [1.54, 1.807) is 0 Å². The van der Waals surface area contributed by atoms with Crippen molar-refractivity contribution in [2.45, 2.75) is 59.2 Å². The number of benzene rings is 2. The summed E-state index contributed by atoms with van der Waals surface area (Å²) in [4.78, 5) is 27.7. The molecule has 0 bridgehead atoms. The van der Waals surface area contributed by atoms with E-state index in [0.29, 0.717) is 0 Å². The topological polar surface area (TPSA) is 58.6 Å². The largest absolute Gasteiger partial charge is 0.458 e. The molecule has 5 heteroatoms. The highest BCUT2D eigenvalue weighted by atomic mass is 16.6. The third-order valence-electron chi connectivity index (χ3n) is 4.46. The van der Waals surface area contributed by atoms with Crippen LogP contribution in [0.25, 0.3) is 0 Å². The van der Waals surface area contributed by atoms with Crippen LogP contribution in [0.1, 0.15) is 41.5 Å². The van der Waals surface area contributed by atoms with E-state index in [-0.39, 0.29) is 11.8 Å². The molecule has 0 aliphatic rings. The van der Waals surface area contributed by atoms with Crippen LogP contribution in [0, 0.1) is 5.92 Å². The van der Waals surface area contributed by atoms with Crippen LogP contribution in [0.5, 0.6) is 0 Å². The highest BCUT2D eigenvalue weighted by Gasteiger charge is 2.32. The number of para-hydroxylation sites is 2. The van der Waals surface area contributed by atoms with Gasteiger partial charge in [-0.25, -0.2) is 4.79 Å². The smallest absolute Gasteiger partial charge is 0.329 e. The van der Waals surface area contributed by atoms with E-state index in [4.69, 9.17) is 4.74 Å². The third kappa shape index (κ3) is 6.34. The van der Waals surface area contributed by atoms with Gasteiger partial charge in [0.05, 0.1) is 0 Å². The predicted molar refractivity (Wildman–Crippen MR) is 117 cm³/mol. The average molecular weight is 396 g/mol. The standard InChI is InChI=1S/C24H32N2O3/c1-17(2)21(23(28)29-24(4,5)6)25-22(27)18(3)26(19-13-9-7-10-14-19)20-15-11-8-12-16-20/h7-18,21H,1-6H3,(H,25,27)/t18-,21-/m1/s1/i3-1. The van der Waals surface area contributed by atoms with Gasteiger partial charge in [0.15, 0.2) is 0 Å². The monoisotopic (exact) mass is 395 g/mol. The van der Waals surface area contributed by atoms with Crippen LogP contribution in [0.2, 0.25) is 0 Å². The summed E-state index contributed by atoms with van der Waals surface area (Å²) in [5, 5.41) is 2.90. The summed E-state index contributed by atoms with van der Waals surface area (Å²) in [6, 6.07) is 18.2. The number of carbonyl (C=O) groups excluding carboxylic acids is 2. The van der Waals surface area contributed by atoms with Crippen molar-refractivity contribution in [3.05, 3.63) is 60.7 Å². The summed E-state index contributed by atoms with van der Waals surface area (Å²) < 4.78 is 5.50. The molecule has 2 atom stereocenters. The van der Waals surface area contributed by atoms with Crippen molar-refractivity contribution in [2.75, 3.05) is 4.90 Å². The van der Waals surface area contributed by atoms with Gasteiger partial charge in [-0.1, -0.05) is 50.2 Å². The van der Waals surface area contributed by atoms with E-state index in [9.17, 15) is 9.59 Å². The minimum Gasteiger partial charge on any atom is -0.458 e.